The molecule has 0 fully saturated rings. The highest BCUT2D eigenvalue weighted by Crippen LogP contribution is 2.33. The van der Waals surface area contributed by atoms with Crippen molar-refractivity contribution in [2.24, 2.45) is 0 Å². The number of rotatable bonds is 2. The summed E-state index contributed by atoms with van der Waals surface area (Å²) in [6, 6.07) is 10.1. The van der Waals surface area contributed by atoms with Crippen LogP contribution in [0.2, 0.25) is 0 Å². The fraction of sp³-hybridized carbons (Fsp3) is 0.292. The normalized spacial score (nSPS) is 15.9. The van der Waals surface area contributed by atoms with Crippen LogP contribution in [0.3, 0.4) is 0 Å². The maximum absolute atomic E-state index is 13.3. The fourth-order valence-corrected chi connectivity index (χ4v) is 4.44. The van der Waals surface area contributed by atoms with E-state index in [-0.39, 0.29) is 16.5 Å². The highest BCUT2D eigenvalue weighted by molar-refractivity contribution is 7.99. The molecule has 2 aliphatic rings. The van der Waals surface area contributed by atoms with E-state index in [1.54, 1.807) is 4.57 Å². The van der Waals surface area contributed by atoms with E-state index in [0.29, 0.717) is 10.9 Å². The van der Waals surface area contributed by atoms with E-state index in [0.717, 1.165) is 35.4 Å². The molecule has 0 saturated heterocycles. The molecule has 0 radical (unpaired) electrons. The molecular weight excluding hydrogens is 378 g/mol. The van der Waals surface area contributed by atoms with Gasteiger partial charge in [0.2, 0.25) is 0 Å². The number of nitrogens with zero attached hydrogens (tertiary/aromatic N) is 3. The van der Waals surface area contributed by atoms with Gasteiger partial charge in [-0.05, 0) is 35.5 Å². The Morgan fingerprint density at radius 2 is 1.90 bits per heavy atom. The standard InChI is InChI=1S/C24H23N3OS/c1-24(2,3)18-11-9-17(10-12-18)21-19(15-25)22(28)27-20(13-14-29-23(27)26-21)16-7-5-4-6-8-16/h5,7-13H,4,6,14H2,1-3H3. The predicted molar refractivity (Wildman–Crippen MR) is 119 cm³/mol. The quantitative estimate of drug-likeness (QED) is 0.641. The van der Waals surface area contributed by atoms with Crippen LogP contribution < -0.4 is 5.56 Å². The van der Waals surface area contributed by atoms with Crippen molar-refractivity contribution in [2.45, 2.75) is 44.2 Å². The van der Waals surface area contributed by atoms with Gasteiger partial charge in [-0.1, -0.05) is 75.0 Å². The van der Waals surface area contributed by atoms with E-state index in [4.69, 9.17) is 4.98 Å². The van der Waals surface area contributed by atoms with Crippen LogP contribution in [0.15, 0.2) is 64.1 Å². The largest absolute Gasteiger partial charge is 0.277 e. The van der Waals surface area contributed by atoms with Crippen LogP contribution in [-0.4, -0.2) is 15.3 Å². The van der Waals surface area contributed by atoms with Crippen LogP contribution in [0.1, 0.15) is 44.7 Å². The number of hydrogen-bond acceptors (Lipinski definition) is 4. The van der Waals surface area contributed by atoms with Crippen LogP contribution in [0.4, 0.5) is 0 Å². The van der Waals surface area contributed by atoms with Gasteiger partial charge in [0.25, 0.3) is 5.56 Å². The van der Waals surface area contributed by atoms with Gasteiger partial charge in [-0.15, -0.1) is 0 Å². The lowest BCUT2D eigenvalue weighted by molar-refractivity contribution is 0.590. The number of hydrogen-bond donors (Lipinski definition) is 0. The Labute approximate surface area is 175 Å². The molecule has 0 atom stereocenters. The minimum atomic E-state index is -0.300. The van der Waals surface area contributed by atoms with Crippen molar-refractivity contribution in [3.8, 4) is 17.3 Å². The van der Waals surface area contributed by atoms with Gasteiger partial charge < -0.3 is 0 Å². The average Bonchev–Trinajstić information content (AvgIpc) is 2.73. The lowest BCUT2D eigenvalue weighted by Crippen LogP contribution is -2.28. The first-order chi connectivity index (χ1) is 13.9. The molecule has 0 saturated carbocycles. The van der Waals surface area contributed by atoms with E-state index < -0.39 is 0 Å². The molecule has 2 heterocycles. The minimum absolute atomic E-state index is 0.0379. The van der Waals surface area contributed by atoms with Crippen LogP contribution in [-0.2, 0) is 5.41 Å². The molecule has 0 N–H and O–H groups in total. The highest BCUT2D eigenvalue weighted by Gasteiger charge is 2.24. The fourth-order valence-electron chi connectivity index (χ4n) is 3.59. The first kappa shape index (κ1) is 19.5. The number of fused-ring (bicyclic) bond motifs is 1. The summed E-state index contributed by atoms with van der Waals surface area (Å²) in [6.45, 7) is 6.47. The second-order valence-electron chi connectivity index (χ2n) is 8.24. The minimum Gasteiger partial charge on any atom is -0.267 e. The van der Waals surface area contributed by atoms with E-state index in [9.17, 15) is 10.1 Å². The Hall–Kier alpha value is -2.84. The number of nitriles is 1. The number of benzene rings is 1. The second kappa shape index (κ2) is 7.53. The Morgan fingerprint density at radius 1 is 1.14 bits per heavy atom. The molecule has 4 rings (SSSR count). The number of allylic oxidation sites excluding steroid dienone is 5. The van der Waals surface area contributed by atoms with Gasteiger partial charge in [0.1, 0.15) is 11.6 Å². The topological polar surface area (TPSA) is 58.7 Å². The zero-order chi connectivity index (χ0) is 20.6. The first-order valence-corrected chi connectivity index (χ1v) is 10.8. The molecule has 4 nitrogen and oxygen atoms in total. The molecule has 29 heavy (non-hydrogen) atoms. The van der Waals surface area contributed by atoms with Crippen molar-refractivity contribution >= 4 is 17.5 Å². The molecule has 1 aliphatic carbocycles. The third-order valence-corrected chi connectivity index (χ3v) is 6.07. The monoisotopic (exact) mass is 401 g/mol. The summed E-state index contributed by atoms with van der Waals surface area (Å²) in [5.41, 5.74) is 4.14. The van der Waals surface area contributed by atoms with Crippen molar-refractivity contribution in [3.63, 3.8) is 0 Å². The van der Waals surface area contributed by atoms with Crippen molar-refractivity contribution in [2.75, 3.05) is 5.75 Å². The summed E-state index contributed by atoms with van der Waals surface area (Å²) in [5, 5.41) is 10.4. The van der Waals surface area contributed by atoms with E-state index in [1.165, 1.54) is 17.3 Å². The van der Waals surface area contributed by atoms with Gasteiger partial charge in [0.15, 0.2) is 5.16 Å². The lowest BCUT2D eigenvalue weighted by Gasteiger charge is -2.22. The van der Waals surface area contributed by atoms with Gasteiger partial charge in [-0.25, -0.2) is 4.98 Å². The summed E-state index contributed by atoms with van der Waals surface area (Å²) in [5.74, 6) is 0.751. The Morgan fingerprint density at radius 3 is 2.52 bits per heavy atom. The zero-order valence-electron chi connectivity index (χ0n) is 16.9. The number of aromatic nitrogens is 2. The summed E-state index contributed by atoms with van der Waals surface area (Å²) in [6.07, 6.45) is 10.3. The molecule has 0 spiro atoms. The summed E-state index contributed by atoms with van der Waals surface area (Å²) in [7, 11) is 0. The number of thioether (sulfide) groups is 1. The van der Waals surface area contributed by atoms with E-state index in [1.807, 2.05) is 36.4 Å². The molecular formula is C24H23N3OS. The maximum Gasteiger partial charge on any atom is 0.277 e. The third-order valence-electron chi connectivity index (χ3n) is 5.21. The summed E-state index contributed by atoms with van der Waals surface area (Å²) in [4.78, 5) is 18.1. The predicted octanol–water partition coefficient (Wildman–Crippen LogP) is 5.30. The van der Waals surface area contributed by atoms with Crippen molar-refractivity contribution in [1.29, 1.82) is 5.26 Å². The molecule has 0 unspecified atom stereocenters. The van der Waals surface area contributed by atoms with Gasteiger partial charge in [-0.2, -0.15) is 5.26 Å². The maximum atomic E-state index is 13.3. The van der Waals surface area contributed by atoms with Crippen molar-refractivity contribution in [3.05, 3.63) is 75.6 Å². The average molecular weight is 402 g/mol. The lowest BCUT2D eigenvalue weighted by atomic mass is 9.86. The molecule has 0 bridgehead atoms. The van der Waals surface area contributed by atoms with Crippen LogP contribution in [0.5, 0.6) is 0 Å². The SMILES string of the molecule is CC(C)(C)c1ccc(-c2nc3n(c(=O)c2C#N)C(C2=CCCC=C2)=CCS3)cc1. The van der Waals surface area contributed by atoms with Gasteiger partial charge >= 0.3 is 0 Å². The van der Waals surface area contributed by atoms with Crippen LogP contribution in [0.25, 0.3) is 17.0 Å². The van der Waals surface area contributed by atoms with Crippen molar-refractivity contribution < 1.29 is 0 Å². The third kappa shape index (κ3) is 3.61. The van der Waals surface area contributed by atoms with Crippen LogP contribution >= 0.6 is 11.8 Å². The second-order valence-corrected chi connectivity index (χ2v) is 9.22. The van der Waals surface area contributed by atoms with Gasteiger partial charge in [0, 0.05) is 11.3 Å². The summed E-state index contributed by atoms with van der Waals surface area (Å²) < 4.78 is 1.60. The smallest absolute Gasteiger partial charge is 0.267 e. The molecule has 1 aromatic heterocycles. The van der Waals surface area contributed by atoms with Gasteiger partial charge in [-0.3, -0.25) is 9.36 Å². The molecule has 1 aliphatic heterocycles. The molecule has 1 aromatic carbocycles. The summed E-state index contributed by atoms with van der Waals surface area (Å²) >= 11 is 1.52. The van der Waals surface area contributed by atoms with E-state index in [2.05, 4.69) is 39.0 Å². The van der Waals surface area contributed by atoms with E-state index >= 15 is 0 Å². The molecule has 146 valence electrons. The Balaban J connectivity index is 1.86. The van der Waals surface area contributed by atoms with Crippen LogP contribution in [0, 0.1) is 11.3 Å². The highest BCUT2D eigenvalue weighted by atomic mass is 32.2. The Kier molecular flexibility index (Phi) is 5.06. The first-order valence-electron chi connectivity index (χ1n) is 9.78. The van der Waals surface area contributed by atoms with Crippen molar-refractivity contribution in [1.82, 2.24) is 9.55 Å². The Bertz CT molecular complexity index is 1150. The molecule has 2 aromatic rings. The molecule has 0 amide bonds. The van der Waals surface area contributed by atoms with Gasteiger partial charge in [0.05, 0.1) is 11.4 Å². The molecule has 5 heteroatoms. The zero-order valence-corrected chi connectivity index (χ0v) is 17.7.